The summed E-state index contributed by atoms with van der Waals surface area (Å²) in [5.41, 5.74) is 0.615. The van der Waals surface area contributed by atoms with Crippen LogP contribution < -0.4 is 10.3 Å². The summed E-state index contributed by atoms with van der Waals surface area (Å²) >= 11 is 1.32. The maximum absolute atomic E-state index is 12.1. The normalized spacial score (nSPS) is 10.3. The maximum Gasteiger partial charge on any atom is 0.270 e. The molecular weight excluding hydrogens is 310 g/mol. The van der Waals surface area contributed by atoms with E-state index >= 15 is 0 Å². The zero-order valence-electron chi connectivity index (χ0n) is 13.3. The Labute approximate surface area is 139 Å². The molecule has 1 heterocycles. The lowest BCUT2D eigenvalue weighted by Crippen LogP contribution is -2.15. The summed E-state index contributed by atoms with van der Waals surface area (Å²) in [5, 5.41) is 9.78. The van der Waals surface area contributed by atoms with Crippen molar-refractivity contribution in [2.24, 2.45) is 0 Å². The Balaban J connectivity index is 2.44. The first-order chi connectivity index (χ1) is 11.2. The molecule has 120 valence electrons. The smallest absolute Gasteiger partial charge is 0.270 e. The summed E-state index contributed by atoms with van der Waals surface area (Å²) < 4.78 is 5.84. The SMILES string of the molecule is CCCCCOc1ccccc1-c1nc(SC)[nH]c(=O)c1C#N. The monoisotopic (exact) mass is 329 g/mol. The van der Waals surface area contributed by atoms with Gasteiger partial charge in [-0.15, -0.1) is 0 Å². The molecule has 2 rings (SSSR count). The summed E-state index contributed by atoms with van der Waals surface area (Å²) in [6, 6.07) is 9.32. The van der Waals surface area contributed by atoms with E-state index in [-0.39, 0.29) is 5.56 Å². The number of ether oxygens (including phenoxy) is 1. The summed E-state index contributed by atoms with van der Waals surface area (Å²) in [7, 11) is 0. The molecule has 0 amide bonds. The average Bonchev–Trinajstić information content (AvgIpc) is 2.58. The van der Waals surface area contributed by atoms with E-state index < -0.39 is 5.56 Å². The molecular formula is C17H19N3O2S. The number of benzene rings is 1. The Bertz CT molecular complexity index is 765. The summed E-state index contributed by atoms with van der Waals surface area (Å²) in [6.45, 7) is 2.74. The van der Waals surface area contributed by atoms with Gasteiger partial charge >= 0.3 is 0 Å². The van der Waals surface area contributed by atoms with Crippen LogP contribution in [0.2, 0.25) is 0 Å². The van der Waals surface area contributed by atoms with Gasteiger partial charge in [0.15, 0.2) is 5.16 Å². The average molecular weight is 329 g/mol. The fraction of sp³-hybridized carbons (Fsp3) is 0.353. The molecule has 0 atom stereocenters. The quantitative estimate of drug-likeness (QED) is 0.477. The van der Waals surface area contributed by atoms with Crippen LogP contribution in [0.25, 0.3) is 11.3 Å². The lowest BCUT2D eigenvalue weighted by Gasteiger charge is -2.12. The largest absolute Gasteiger partial charge is 0.493 e. The molecule has 0 fully saturated rings. The van der Waals surface area contributed by atoms with Crippen molar-refractivity contribution in [3.05, 3.63) is 40.2 Å². The van der Waals surface area contributed by atoms with Crippen LogP contribution in [-0.4, -0.2) is 22.8 Å². The second-order valence-corrected chi connectivity index (χ2v) is 5.76. The maximum atomic E-state index is 12.1. The molecule has 2 aromatic rings. The number of hydrogen-bond acceptors (Lipinski definition) is 5. The Morgan fingerprint density at radius 2 is 2.13 bits per heavy atom. The third kappa shape index (κ3) is 4.14. The number of nitriles is 1. The highest BCUT2D eigenvalue weighted by Gasteiger charge is 2.16. The van der Waals surface area contributed by atoms with Crippen LogP contribution in [0, 0.1) is 11.3 Å². The van der Waals surface area contributed by atoms with Crippen molar-refractivity contribution in [3.63, 3.8) is 0 Å². The standard InChI is InChI=1S/C17H19N3O2S/c1-3-4-7-10-22-14-9-6-5-8-12(14)15-13(11-18)16(21)20-17(19-15)23-2/h5-6,8-9H,3-4,7,10H2,1-2H3,(H,19,20,21). The van der Waals surface area contributed by atoms with Crippen LogP contribution in [0.4, 0.5) is 0 Å². The molecule has 0 aliphatic heterocycles. The third-order valence-electron chi connectivity index (χ3n) is 3.35. The molecule has 0 radical (unpaired) electrons. The Morgan fingerprint density at radius 3 is 2.83 bits per heavy atom. The van der Waals surface area contributed by atoms with Crippen LogP contribution in [0.3, 0.4) is 0 Å². The van der Waals surface area contributed by atoms with E-state index in [9.17, 15) is 10.1 Å². The van der Waals surface area contributed by atoms with Gasteiger partial charge in [0.2, 0.25) is 0 Å². The van der Waals surface area contributed by atoms with Crippen molar-refractivity contribution in [2.45, 2.75) is 31.3 Å². The van der Waals surface area contributed by atoms with Gasteiger partial charge in [0.25, 0.3) is 5.56 Å². The van der Waals surface area contributed by atoms with Crippen molar-refractivity contribution in [2.75, 3.05) is 12.9 Å². The van der Waals surface area contributed by atoms with Gasteiger partial charge in [-0.3, -0.25) is 4.79 Å². The minimum absolute atomic E-state index is 0.00686. The van der Waals surface area contributed by atoms with E-state index in [2.05, 4.69) is 16.9 Å². The number of aromatic nitrogens is 2. The number of unbranched alkanes of at least 4 members (excludes halogenated alkanes) is 2. The van der Waals surface area contributed by atoms with E-state index in [0.29, 0.717) is 28.8 Å². The second-order valence-electron chi connectivity index (χ2n) is 4.96. The van der Waals surface area contributed by atoms with Gasteiger partial charge in [-0.05, 0) is 24.8 Å². The van der Waals surface area contributed by atoms with Crippen LogP contribution in [0.5, 0.6) is 5.75 Å². The number of aromatic amines is 1. The lowest BCUT2D eigenvalue weighted by atomic mass is 10.1. The molecule has 23 heavy (non-hydrogen) atoms. The highest BCUT2D eigenvalue weighted by Crippen LogP contribution is 2.30. The summed E-state index contributed by atoms with van der Waals surface area (Å²) in [6.07, 6.45) is 5.01. The molecule has 0 saturated heterocycles. The highest BCUT2D eigenvalue weighted by molar-refractivity contribution is 7.98. The van der Waals surface area contributed by atoms with E-state index in [1.807, 2.05) is 36.6 Å². The minimum atomic E-state index is -0.428. The molecule has 0 saturated carbocycles. The van der Waals surface area contributed by atoms with E-state index in [1.54, 1.807) is 0 Å². The third-order valence-corrected chi connectivity index (χ3v) is 3.93. The van der Waals surface area contributed by atoms with Gasteiger partial charge in [-0.2, -0.15) is 5.26 Å². The fourth-order valence-electron chi connectivity index (χ4n) is 2.17. The summed E-state index contributed by atoms with van der Waals surface area (Å²) in [4.78, 5) is 19.1. The first kappa shape index (κ1) is 17.1. The molecule has 1 N–H and O–H groups in total. The van der Waals surface area contributed by atoms with E-state index in [1.165, 1.54) is 11.8 Å². The second kappa shape index (κ2) is 8.39. The van der Waals surface area contributed by atoms with Crippen molar-refractivity contribution in [1.82, 2.24) is 9.97 Å². The number of nitrogens with zero attached hydrogens (tertiary/aromatic N) is 2. The molecule has 1 aromatic carbocycles. The van der Waals surface area contributed by atoms with E-state index in [4.69, 9.17) is 4.74 Å². The van der Waals surface area contributed by atoms with Crippen molar-refractivity contribution >= 4 is 11.8 Å². The molecule has 0 unspecified atom stereocenters. The Hall–Kier alpha value is -2.26. The first-order valence-corrected chi connectivity index (χ1v) is 8.74. The molecule has 6 heteroatoms. The number of hydrogen-bond donors (Lipinski definition) is 1. The van der Waals surface area contributed by atoms with Gasteiger partial charge < -0.3 is 9.72 Å². The molecule has 0 aliphatic carbocycles. The number of H-pyrrole nitrogens is 1. The van der Waals surface area contributed by atoms with Crippen molar-refractivity contribution in [1.29, 1.82) is 5.26 Å². The lowest BCUT2D eigenvalue weighted by molar-refractivity contribution is 0.307. The predicted molar refractivity (Wildman–Crippen MR) is 91.8 cm³/mol. The Morgan fingerprint density at radius 1 is 1.35 bits per heavy atom. The van der Waals surface area contributed by atoms with Gasteiger partial charge in [0.05, 0.1) is 6.61 Å². The minimum Gasteiger partial charge on any atom is -0.493 e. The van der Waals surface area contributed by atoms with Gasteiger partial charge in [0.1, 0.15) is 23.1 Å². The molecule has 5 nitrogen and oxygen atoms in total. The van der Waals surface area contributed by atoms with Crippen LogP contribution in [0.15, 0.2) is 34.2 Å². The number of thioether (sulfide) groups is 1. The molecule has 1 aromatic heterocycles. The fourth-order valence-corrected chi connectivity index (χ4v) is 2.55. The van der Waals surface area contributed by atoms with Gasteiger partial charge in [0, 0.05) is 5.56 Å². The molecule has 0 spiro atoms. The Kier molecular flexibility index (Phi) is 6.24. The summed E-state index contributed by atoms with van der Waals surface area (Å²) in [5.74, 6) is 0.644. The zero-order valence-corrected chi connectivity index (χ0v) is 14.1. The van der Waals surface area contributed by atoms with Crippen LogP contribution >= 0.6 is 11.8 Å². The van der Waals surface area contributed by atoms with Gasteiger partial charge in [-0.25, -0.2) is 4.98 Å². The van der Waals surface area contributed by atoms with Crippen LogP contribution in [0.1, 0.15) is 31.7 Å². The first-order valence-electron chi connectivity index (χ1n) is 7.51. The number of nitrogens with one attached hydrogen (secondary N) is 1. The van der Waals surface area contributed by atoms with E-state index in [0.717, 1.165) is 19.3 Å². The predicted octanol–water partition coefficient (Wildman–Crippen LogP) is 3.60. The zero-order chi connectivity index (χ0) is 16.7. The van der Waals surface area contributed by atoms with Crippen molar-refractivity contribution in [3.8, 4) is 23.1 Å². The topological polar surface area (TPSA) is 78.8 Å². The number of rotatable bonds is 7. The van der Waals surface area contributed by atoms with Crippen molar-refractivity contribution < 1.29 is 4.74 Å². The van der Waals surface area contributed by atoms with Crippen LogP contribution in [-0.2, 0) is 0 Å². The molecule has 0 bridgehead atoms. The number of para-hydroxylation sites is 1. The van der Waals surface area contributed by atoms with Gasteiger partial charge in [-0.1, -0.05) is 43.7 Å². The highest BCUT2D eigenvalue weighted by atomic mass is 32.2. The molecule has 0 aliphatic rings.